The number of aryl methyl sites for hydroxylation is 1. The van der Waals surface area contributed by atoms with Crippen molar-refractivity contribution in [2.75, 3.05) is 5.83 Å². The summed E-state index contributed by atoms with van der Waals surface area (Å²) in [7, 11) is 0.636. The van der Waals surface area contributed by atoms with Crippen LogP contribution < -0.4 is 4.65 Å². The molecule has 4 rings (SSSR count). The van der Waals surface area contributed by atoms with Gasteiger partial charge >= 0.3 is 7.69 Å². The van der Waals surface area contributed by atoms with Gasteiger partial charge in [-0.05, 0) is 60.8 Å². The Kier molecular flexibility index (Phi) is 10.2. The molecular weight excluding hydrogens is 443 g/mol. The number of nitrogens with zero attached hydrogens (tertiary/aromatic N) is 4. The van der Waals surface area contributed by atoms with Crippen LogP contribution in [0.4, 0.5) is 0 Å². The molecule has 4 aromatic heterocycles. The Morgan fingerprint density at radius 1 is 0.700 bits per heavy atom. The first-order valence-electron chi connectivity index (χ1n) is 8.98. The minimum Gasteiger partial charge on any atom is -0.537 e. The second-order valence-corrected chi connectivity index (χ2v) is 5.75. The molecule has 0 atom stereocenters. The van der Waals surface area contributed by atoms with E-state index < -0.39 is 0 Å². The summed E-state index contributed by atoms with van der Waals surface area (Å²) in [5, 5.41) is 8.50. The van der Waals surface area contributed by atoms with E-state index in [1.54, 1.807) is 36.9 Å². The van der Waals surface area contributed by atoms with Crippen molar-refractivity contribution < 1.29 is 9.68 Å². The zero-order valence-corrected chi connectivity index (χ0v) is 18.3. The molecule has 0 fully saturated rings. The van der Waals surface area contributed by atoms with Crippen LogP contribution in [-0.4, -0.2) is 38.5 Å². The Bertz CT molecular complexity index is 1010. The first kappa shape index (κ1) is 23.2. The Balaban J connectivity index is 0.000000199. The van der Waals surface area contributed by atoms with E-state index in [0.717, 1.165) is 17.1 Å². The van der Waals surface area contributed by atoms with Crippen molar-refractivity contribution in [1.82, 2.24) is 19.9 Å². The van der Waals surface area contributed by atoms with Crippen LogP contribution in [0.2, 0.25) is 0 Å². The SMILES string of the molecule is CBr.Cc1ccnc(-c2ccccn2)c1.O[B]Oc1ccnc(-c2ccccn2)c1. The summed E-state index contributed by atoms with van der Waals surface area (Å²) in [4.78, 5) is 16.8. The van der Waals surface area contributed by atoms with Gasteiger partial charge in [-0.15, -0.1) is 0 Å². The molecule has 151 valence electrons. The molecule has 0 amide bonds. The summed E-state index contributed by atoms with van der Waals surface area (Å²) in [6.45, 7) is 2.05. The van der Waals surface area contributed by atoms with E-state index in [0.29, 0.717) is 19.1 Å². The zero-order chi connectivity index (χ0) is 21.6. The minimum absolute atomic E-state index is 0.521. The number of hydrogen-bond donors (Lipinski definition) is 1. The van der Waals surface area contributed by atoms with Crippen LogP contribution in [0.1, 0.15) is 5.56 Å². The summed E-state index contributed by atoms with van der Waals surface area (Å²) in [6, 6.07) is 18.8. The van der Waals surface area contributed by atoms with Gasteiger partial charge < -0.3 is 9.68 Å². The van der Waals surface area contributed by atoms with Crippen LogP contribution in [-0.2, 0) is 0 Å². The van der Waals surface area contributed by atoms with Gasteiger partial charge in [-0.3, -0.25) is 19.9 Å². The fraction of sp³-hybridized carbons (Fsp3) is 0.0909. The summed E-state index contributed by atoms with van der Waals surface area (Å²) in [5.41, 5.74) is 4.53. The van der Waals surface area contributed by atoms with E-state index in [9.17, 15) is 0 Å². The van der Waals surface area contributed by atoms with Crippen LogP contribution in [0, 0.1) is 6.92 Å². The van der Waals surface area contributed by atoms with Gasteiger partial charge in [0, 0.05) is 30.9 Å². The summed E-state index contributed by atoms with van der Waals surface area (Å²) in [6.07, 6.45) is 6.88. The summed E-state index contributed by atoms with van der Waals surface area (Å²) >= 11 is 2.94. The Morgan fingerprint density at radius 2 is 1.23 bits per heavy atom. The molecule has 0 aromatic carbocycles. The molecule has 8 heteroatoms. The quantitative estimate of drug-likeness (QED) is 0.354. The van der Waals surface area contributed by atoms with Gasteiger partial charge in [-0.25, -0.2) is 0 Å². The van der Waals surface area contributed by atoms with Gasteiger partial charge in [-0.2, -0.15) is 0 Å². The summed E-state index contributed by atoms with van der Waals surface area (Å²) in [5.74, 6) is 2.33. The van der Waals surface area contributed by atoms with Gasteiger partial charge in [0.05, 0.1) is 22.8 Å². The molecule has 4 aromatic rings. The third-order valence-corrected chi connectivity index (χ3v) is 3.69. The van der Waals surface area contributed by atoms with E-state index in [2.05, 4.69) is 35.9 Å². The van der Waals surface area contributed by atoms with Crippen molar-refractivity contribution in [2.45, 2.75) is 6.92 Å². The first-order chi connectivity index (χ1) is 14.8. The second-order valence-electron chi connectivity index (χ2n) is 5.75. The molecule has 0 aliphatic heterocycles. The van der Waals surface area contributed by atoms with Crippen LogP contribution in [0.5, 0.6) is 5.75 Å². The largest absolute Gasteiger partial charge is 0.569 e. The zero-order valence-electron chi connectivity index (χ0n) is 16.7. The maximum Gasteiger partial charge on any atom is 0.569 e. The fourth-order valence-electron chi connectivity index (χ4n) is 2.39. The predicted molar refractivity (Wildman–Crippen MR) is 123 cm³/mol. The van der Waals surface area contributed by atoms with Gasteiger partial charge in [0.25, 0.3) is 0 Å². The lowest BCUT2D eigenvalue weighted by atomic mass is 10.2. The monoisotopic (exact) mass is 463 g/mol. The highest BCUT2D eigenvalue weighted by atomic mass is 79.9. The second kappa shape index (κ2) is 13.2. The molecule has 0 spiro atoms. The Labute approximate surface area is 185 Å². The van der Waals surface area contributed by atoms with Crippen molar-refractivity contribution in [3.8, 4) is 28.5 Å². The normalized spacial score (nSPS) is 9.33. The topological polar surface area (TPSA) is 81.0 Å². The van der Waals surface area contributed by atoms with Crippen LogP contribution >= 0.6 is 15.9 Å². The number of hydrogen-bond acceptors (Lipinski definition) is 6. The van der Waals surface area contributed by atoms with Gasteiger partial charge in [0.15, 0.2) is 0 Å². The first-order valence-corrected chi connectivity index (χ1v) is 10.6. The lowest BCUT2D eigenvalue weighted by Crippen LogP contribution is -2.00. The van der Waals surface area contributed by atoms with Gasteiger partial charge in [0.1, 0.15) is 5.75 Å². The number of alkyl halides is 1. The molecule has 0 aliphatic rings. The molecular formula is C22H21BBrN4O2. The maximum absolute atomic E-state index is 8.50. The number of pyridine rings is 4. The Morgan fingerprint density at radius 3 is 1.73 bits per heavy atom. The standard InChI is InChI=1S/C11H10N2.C10H8BN2O2.CH3Br/c1-9-5-7-13-11(8-9)10-4-2-3-6-12-10;14-11-15-8-4-6-13-10(7-8)9-3-1-2-5-12-9;1-2/h2-8H,1H3;1-7,14H;1H3. The molecule has 0 unspecified atom stereocenters. The molecule has 0 aliphatic carbocycles. The van der Waals surface area contributed by atoms with Crippen molar-refractivity contribution >= 4 is 23.6 Å². The molecule has 0 saturated heterocycles. The molecule has 1 radical (unpaired) electrons. The van der Waals surface area contributed by atoms with Crippen molar-refractivity contribution in [3.63, 3.8) is 0 Å². The lowest BCUT2D eigenvalue weighted by molar-refractivity contribution is 0.453. The molecule has 4 heterocycles. The average Bonchev–Trinajstić information content (AvgIpc) is 2.82. The smallest absolute Gasteiger partial charge is 0.537 e. The third-order valence-electron chi connectivity index (χ3n) is 3.69. The highest BCUT2D eigenvalue weighted by Crippen LogP contribution is 2.18. The van der Waals surface area contributed by atoms with E-state index in [1.807, 2.05) is 61.3 Å². The van der Waals surface area contributed by atoms with E-state index in [4.69, 9.17) is 9.68 Å². The van der Waals surface area contributed by atoms with Crippen LogP contribution in [0.25, 0.3) is 22.8 Å². The lowest BCUT2D eigenvalue weighted by Gasteiger charge is -2.03. The minimum atomic E-state index is 0.521. The number of halogens is 1. The number of rotatable bonds is 4. The molecule has 1 N–H and O–H groups in total. The third kappa shape index (κ3) is 7.38. The highest BCUT2D eigenvalue weighted by Gasteiger charge is 2.02. The molecule has 6 nitrogen and oxygen atoms in total. The number of aromatic nitrogens is 4. The van der Waals surface area contributed by atoms with E-state index in [-0.39, 0.29) is 0 Å². The van der Waals surface area contributed by atoms with Crippen molar-refractivity contribution in [1.29, 1.82) is 0 Å². The molecule has 30 heavy (non-hydrogen) atoms. The maximum atomic E-state index is 8.50. The average molecular weight is 464 g/mol. The fourth-order valence-corrected chi connectivity index (χ4v) is 2.39. The molecule has 0 saturated carbocycles. The molecule has 0 bridgehead atoms. The predicted octanol–water partition coefficient (Wildman–Crippen LogP) is 4.51. The highest BCUT2D eigenvalue weighted by molar-refractivity contribution is 9.08. The Hall–Kier alpha value is -3.10. The van der Waals surface area contributed by atoms with Crippen molar-refractivity contribution in [3.05, 3.63) is 91.0 Å². The van der Waals surface area contributed by atoms with Crippen molar-refractivity contribution in [2.24, 2.45) is 0 Å². The van der Waals surface area contributed by atoms with Crippen LogP contribution in [0.15, 0.2) is 85.5 Å². The van der Waals surface area contributed by atoms with Crippen LogP contribution in [0.3, 0.4) is 0 Å². The van der Waals surface area contributed by atoms with Gasteiger partial charge in [-0.1, -0.05) is 28.1 Å². The van der Waals surface area contributed by atoms with E-state index >= 15 is 0 Å². The van der Waals surface area contributed by atoms with Gasteiger partial charge in [0.2, 0.25) is 0 Å². The van der Waals surface area contributed by atoms with E-state index in [1.165, 1.54) is 5.56 Å². The summed E-state index contributed by atoms with van der Waals surface area (Å²) < 4.78 is 4.83.